The molecule has 9 heavy (non-hydrogen) atoms. The summed E-state index contributed by atoms with van der Waals surface area (Å²) in [5.74, 6) is 0. The largest absolute Gasteiger partial charge is 0.325 e. The van der Waals surface area contributed by atoms with E-state index in [9.17, 15) is 4.79 Å². The van der Waals surface area contributed by atoms with Crippen LogP contribution in [0.15, 0.2) is 0 Å². The van der Waals surface area contributed by atoms with Crippen molar-refractivity contribution in [1.29, 1.82) is 0 Å². The number of carbonyl (C=O) groups excluding carboxylic acids is 1. The quantitative estimate of drug-likeness (QED) is 0.527. The highest BCUT2D eigenvalue weighted by Gasteiger charge is 2.21. The molecule has 1 rings (SSSR count). The van der Waals surface area contributed by atoms with Gasteiger partial charge in [-0.1, -0.05) is 0 Å². The van der Waals surface area contributed by atoms with Crippen molar-refractivity contribution in [2.75, 3.05) is 19.6 Å². The smallest absolute Gasteiger partial charge is 0.133 e. The Hall–Kier alpha value is -0.120. The number of aldehydes is 1. The predicted molar refractivity (Wildman–Crippen MR) is 37.7 cm³/mol. The molecule has 1 saturated heterocycles. The van der Waals surface area contributed by atoms with Crippen LogP contribution in [0.25, 0.3) is 0 Å². The molecular formula is C5H11ClN2O. The first-order chi connectivity index (χ1) is 3.83. The van der Waals surface area contributed by atoms with Gasteiger partial charge in [-0.2, -0.15) is 0 Å². The standard InChI is InChI=1S/C5H10N2O.ClH/c6-5-3-7(4-5)1-2-8;/h2,5H,1,3-4,6H2;1H. The van der Waals surface area contributed by atoms with Gasteiger partial charge in [0.2, 0.25) is 0 Å². The predicted octanol–water partition coefficient (Wildman–Crippen LogP) is -0.750. The highest BCUT2D eigenvalue weighted by molar-refractivity contribution is 5.85. The van der Waals surface area contributed by atoms with Gasteiger partial charge in [0.15, 0.2) is 0 Å². The number of rotatable bonds is 2. The molecule has 0 aromatic rings. The summed E-state index contributed by atoms with van der Waals surface area (Å²) in [6, 6.07) is 0.315. The van der Waals surface area contributed by atoms with Crippen LogP contribution >= 0.6 is 12.4 Å². The molecule has 0 bridgehead atoms. The summed E-state index contributed by atoms with van der Waals surface area (Å²) in [4.78, 5) is 11.8. The third-order valence-corrected chi connectivity index (χ3v) is 1.32. The number of likely N-dealkylation sites (tertiary alicyclic amines) is 1. The van der Waals surface area contributed by atoms with Gasteiger partial charge in [0.1, 0.15) is 6.29 Å². The van der Waals surface area contributed by atoms with Crippen LogP contribution in [0.2, 0.25) is 0 Å². The van der Waals surface area contributed by atoms with Crippen molar-refractivity contribution in [3.8, 4) is 0 Å². The molecule has 1 fully saturated rings. The maximum atomic E-state index is 9.83. The highest BCUT2D eigenvalue weighted by atomic mass is 35.5. The third kappa shape index (κ3) is 2.30. The zero-order valence-electron chi connectivity index (χ0n) is 5.12. The van der Waals surface area contributed by atoms with E-state index in [1.165, 1.54) is 0 Å². The number of hydrogen-bond donors (Lipinski definition) is 1. The van der Waals surface area contributed by atoms with E-state index in [0.29, 0.717) is 12.6 Å². The van der Waals surface area contributed by atoms with E-state index in [1.807, 2.05) is 4.90 Å². The molecule has 54 valence electrons. The summed E-state index contributed by atoms with van der Waals surface area (Å²) in [6.07, 6.45) is 0.909. The lowest BCUT2D eigenvalue weighted by Gasteiger charge is -2.34. The number of nitrogens with zero attached hydrogens (tertiary/aromatic N) is 1. The number of carbonyl (C=O) groups is 1. The molecule has 0 aliphatic carbocycles. The van der Waals surface area contributed by atoms with Gasteiger partial charge in [0.05, 0.1) is 6.54 Å². The summed E-state index contributed by atoms with van der Waals surface area (Å²) in [5.41, 5.74) is 5.44. The van der Waals surface area contributed by atoms with E-state index >= 15 is 0 Å². The van der Waals surface area contributed by atoms with Gasteiger partial charge in [-0.25, -0.2) is 0 Å². The Morgan fingerprint density at radius 1 is 1.67 bits per heavy atom. The van der Waals surface area contributed by atoms with E-state index in [-0.39, 0.29) is 12.4 Å². The minimum Gasteiger partial charge on any atom is -0.325 e. The molecule has 3 nitrogen and oxygen atoms in total. The Labute approximate surface area is 60.6 Å². The summed E-state index contributed by atoms with van der Waals surface area (Å²) in [6.45, 7) is 2.32. The molecule has 1 aliphatic heterocycles. The third-order valence-electron chi connectivity index (χ3n) is 1.32. The Bertz CT molecular complexity index is 93.0. The minimum atomic E-state index is 0. The molecule has 0 unspecified atom stereocenters. The second kappa shape index (κ2) is 3.82. The Morgan fingerprint density at radius 3 is 2.56 bits per heavy atom. The number of halogens is 1. The van der Waals surface area contributed by atoms with Crippen molar-refractivity contribution < 1.29 is 4.79 Å². The van der Waals surface area contributed by atoms with Crippen LogP contribution in [-0.4, -0.2) is 36.9 Å². The fraction of sp³-hybridized carbons (Fsp3) is 0.800. The van der Waals surface area contributed by atoms with Crippen LogP contribution in [0.4, 0.5) is 0 Å². The number of nitrogens with two attached hydrogens (primary N) is 1. The molecule has 0 aromatic carbocycles. The van der Waals surface area contributed by atoms with Crippen LogP contribution in [-0.2, 0) is 4.79 Å². The zero-order valence-corrected chi connectivity index (χ0v) is 5.93. The van der Waals surface area contributed by atoms with Crippen molar-refractivity contribution in [3.05, 3.63) is 0 Å². The van der Waals surface area contributed by atoms with Gasteiger partial charge in [0, 0.05) is 19.1 Å². The lowest BCUT2D eigenvalue weighted by molar-refractivity contribution is -0.109. The molecule has 0 amide bonds. The minimum absolute atomic E-state index is 0. The van der Waals surface area contributed by atoms with Crippen molar-refractivity contribution in [1.82, 2.24) is 4.90 Å². The maximum Gasteiger partial charge on any atom is 0.133 e. The van der Waals surface area contributed by atoms with Crippen molar-refractivity contribution >= 4 is 18.7 Å². The Kier molecular flexibility index (Phi) is 3.77. The van der Waals surface area contributed by atoms with Crippen molar-refractivity contribution in [2.24, 2.45) is 5.73 Å². The van der Waals surface area contributed by atoms with Gasteiger partial charge >= 0.3 is 0 Å². The highest BCUT2D eigenvalue weighted by Crippen LogP contribution is 2.01. The Balaban J connectivity index is 0.000000640. The van der Waals surface area contributed by atoms with Crippen LogP contribution in [0.5, 0.6) is 0 Å². The summed E-state index contributed by atoms with van der Waals surface area (Å²) < 4.78 is 0. The molecule has 1 heterocycles. The van der Waals surface area contributed by atoms with Gasteiger partial charge in [-0.3, -0.25) is 4.90 Å². The van der Waals surface area contributed by atoms with E-state index in [1.54, 1.807) is 0 Å². The monoisotopic (exact) mass is 150 g/mol. The molecular weight excluding hydrogens is 140 g/mol. The van der Waals surface area contributed by atoms with Gasteiger partial charge in [0.25, 0.3) is 0 Å². The lowest BCUT2D eigenvalue weighted by Crippen LogP contribution is -2.55. The van der Waals surface area contributed by atoms with Gasteiger partial charge in [-0.05, 0) is 0 Å². The first kappa shape index (κ1) is 8.88. The SMILES string of the molecule is Cl.NC1CN(CC=O)C1. The molecule has 0 saturated carbocycles. The van der Waals surface area contributed by atoms with Gasteiger partial charge in [-0.15, -0.1) is 12.4 Å². The van der Waals surface area contributed by atoms with Crippen molar-refractivity contribution in [3.63, 3.8) is 0 Å². The van der Waals surface area contributed by atoms with Crippen LogP contribution in [0.1, 0.15) is 0 Å². The second-order valence-corrected chi connectivity index (χ2v) is 2.15. The summed E-state index contributed by atoms with van der Waals surface area (Å²) in [5, 5.41) is 0. The van der Waals surface area contributed by atoms with Crippen LogP contribution in [0.3, 0.4) is 0 Å². The van der Waals surface area contributed by atoms with E-state index in [4.69, 9.17) is 5.73 Å². The summed E-state index contributed by atoms with van der Waals surface area (Å²) in [7, 11) is 0. The molecule has 0 atom stereocenters. The molecule has 0 aromatic heterocycles. The van der Waals surface area contributed by atoms with E-state index < -0.39 is 0 Å². The lowest BCUT2D eigenvalue weighted by atomic mass is 10.1. The zero-order chi connectivity index (χ0) is 5.98. The molecule has 0 spiro atoms. The molecule has 0 radical (unpaired) electrons. The van der Waals surface area contributed by atoms with Crippen LogP contribution in [0, 0.1) is 0 Å². The van der Waals surface area contributed by atoms with Crippen molar-refractivity contribution in [2.45, 2.75) is 6.04 Å². The average molecular weight is 151 g/mol. The Morgan fingerprint density at radius 2 is 2.22 bits per heavy atom. The molecule has 4 heteroatoms. The molecule has 1 aliphatic rings. The van der Waals surface area contributed by atoms with E-state index in [2.05, 4.69) is 0 Å². The number of hydrogen-bond acceptors (Lipinski definition) is 3. The molecule has 2 N–H and O–H groups in total. The van der Waals surface area contributed by atoms with Gasteiger partial charge < -0.3 is 10.5 Å². The summed E-state index contributed by atoms with van der Waals surface area (Å²) >= 11 is 0. The van der Waals surface area contributed by atoms with E-state index in [0.717, 1.165) is 19.4 Å². The first-order valence-electron chi connectivity index (χ1n) is 2.74. The average Bonchev–Trinajstić information content (AvgIpc) is 1.64. The first-order valence-corrected chi connectivity index (χ1v) is 2.74. The topological polar surface area (TPSA) is 46.3 Å². The van der Waals surface area contributed by atoms with Crippen LogP contribution < -0.4 is 5.73 Å². The second-order valence-electron chi connectivity index (χ2n) is 2.15. The fourth-order valence-corrected chi connectivity index (χ4v) is 0.864. The fourth-order valence-electron chi connectivity index (χ4n) is 0.864. The normalized spacial score (nSPS) is 20.1. The maximum absolute atomic E-state index is 9.83.